The van der Waals surface area contributed by atoms with E-state index in [9.17, 15) is 4.79 Å². The maximum atomic E-state index is 11.6. The van der Waals surface area contributed by atoms with E-state index in [0.717, 1.165) is 25.1 Å². The molecule has 1 N–H and O–H groups in total. The normalized spacial score (nSPS) is 18.1. The molecule has 5 nitrogen and oxygen atoms in total. The van der Waals surface area contributed by atoms with Crippen molar-refractivity contribution in [2.75, 3.05) is 6.61 Å². The van der Waals surface area contributed by atoms with Gasteiger partial charge in [0.2, 0.25) is 0 Å². The van der Waals surface area contributed by atoms with Gasteiger partial charge in [-0.2, -0.15) is 0 Å². The van der Waals surface area contributed by atoms with Gasteiger partial charge in [0.05, 0.1) is 6.61 Å². The zero-order valence-corrected chi connectivity index (χ0v) is 11.5. The van der Waals surface area contributed by atoms with Gasteiger partial charge in [-0.3, -0.25) is 5.10 Å². The first-order valence-electron chi connectivity index (χ1n) is 6.45. The fraction of sp³-hybridized carbons (Fsp3) is 0.462. The van der Waals surface area contributed by atoms with Crippen LogP contribution >= 0.6 is 11.3 Å². The topological polar surface area (TPSA) is 67.9 Å². The molecule has 0 saturated heterocycles. The molecular formula is C13H15N3O2S. The smallest absolute Gasteiger partial charge is 0.378 e. The van der Waals surface area contributed by atoms with Gasteiger partial charge in [0, 0.05) is 10.8 Å². The number of nitrogens with one attached hydrogen (secondary N) is 1. The highest BCUT2D eigenvalue weighted by molar-refractivity contribution is 7.10. The van der Waals surface area contributed by atoms with Crippen LogP contribution in [0, 0.1) is 0 Å². The summed E-state index contributed by atoms with van der Waals surface area (Å²) in [5, 5.41) is 8.96. The van der Waals surface area contributed by atoms with Crippen LogP contribution in [0.1, 0.15) is 52.6 Å². The Balaban J connectivity index is 1.87. The lowest BCUT2D eigenvalue weighted by Gasteiger charge is -2.20. The van der Waals surface area contributed by atoms with Crippen molar-refractivity contribution >= 4 is 17.3 Å². The monoisotopic (exact) mass is 277 g/mol. The molecule has 100 valence electrons. The van der Waals surface area contributed by atoms with Gasteiger partial charge < -0.3 is 4.74 Å². The van der Waals surface area contributed by atoms with Gasteiger partial charge in [0.25, 0.3) is 5.82 Å². The maximum absolute atomic E-state index is 11.6. The van der Waals surface area contributed by atoms with Crippen LogP contribution in [0.4, 0.5) is 0 Å². The van der Waals surface area contributed by atoms with Gasteiger partial charge in [0.1, 0.15) is 5.82 Å². The summed E-state index contributed by atoms with van der Waals surface area (Å²) in [6.45, 7) is 2.10. The van der Waals surface area contributed by atoms with Crippen LogP contribution in [-0.4, -0.2) is 27.8 Å². The average Bonchev–Trinajstić information content (AvgIpc) is 3.07. The van der Waals surface area contributed by atoms with Crippen LogP contribution in [-0.2, 0) is 11.2 Å². The Labute approximate surface area is 115 Å². The largest absolute Gasteiger partial charge is 0.460 e. The van der Waals surface area contributed by atoms with E-state index in [1.54, 1.807) is 18.3 Å². The van der Waals surface area contributed by atoms with E-state index in [1.165, 1.54) is 10.4 Å². The van der Waals surface area contributed by atoms with Crippen molar-refractivity contribution in [1.82, 2.24) is 15.2 Å². The fourth-order valence-electron chi connectivity index (χ4n) is 2.49. The standard InChI is InChI=1S/C13H15N3O2S/c1-2-18-13(17)12-14-11(15-16-12)9-4-3-5-10-8(9)6-7-19-10/h6-7,9H,2-5H2,1H3,(H,14,15,16). The Morgan fingerprint density at radius 2 is 2.53 bits per heavy atom. The SMILES string of the molecule is CCOC(=O)c1n[nH]c(C2CCCc3sccc32)n1. The molecule has 0 radical (unpaired) electrons. The summed E-state index contributed by atoms with van der Waals surface area (Å²) < 4.78 is 4.90. The fourth-order valence-corrected chi connectivity index (χ4v) is 3.48. The molecule has 0 bridgehead atoms. The quantitative estimate of drug-likeness (QED) is 0.875. The number of ether oxygens (including phenoxy) is 1. The number of rotatable bonds is 3. The molecule has 1 unspecified atom stereocenters. The molecule has 1 aliphatic carbocycles. The average molecular weight is 277 g/mol. The third kappa shape index (κ3) is 2.28. The second-order valence-corrected chi connectivity index (χ2v) is 5.51. The van der Waals surface area contributed by atoms with E-state index in [-0.39, 0.29) is 11.7 Å². The number of hydrogen-bond acceptors (Lipinski definition) is 5. The lowest BCUT2D eigenvalue weighted by Crippen LogP contribution is -2.11. The molecule has 2 aromatic heterocycles. The summed E-state index contributed by atoms with van der Waals surface area (Å²) in [6, 6.07) is 2.15. The Morgan fingerprint density at radius 1 is 1.63 bits per heavy atom. The van der Waals surface area contributed by atoms with Crippen molar-refractivity contribution < 1.29 is 9.53 Å². The molecule has 3 rings (SSSR count). The molecule has 0 spiro atoms. The number of fused-ring (bicyclic) bond motifs is 1. The molecule has 0 fully saturated rings. The number of nitrogens with zero attached hydrogens (tertiary/aromatic N) is 2. The first-order valence-corrected chi connectivity index (χ1v) is 7.33. The first kappa shape index (κ1) is 12.3. The maximum Gasteiger partial charge on any atom is 0.378 e. The number of carbonyl (C=O) groups is 1. The summed E-state index contributed by atoms with van der Waals surface area (Å²) in [5.41, 5.74) is 1.32. The highest BCUT2D eigenvalue weighted by atomic mass is 32.1. The molecule has 0 aromatic carbocycles. The van der Waals surface area contributed by atoms with Gasteiger partial charge in [-0.05, 0) is 43.2 Å². The molecule has 2 heterocycles. The first-order chi connectivity index (χ1) is 9.29. The van der Waals surface area contributed by atoms with Crippen LogP contribution in [0.3, 0.4) is 0 Å². The van der Waals surface area contributed by atoms with Crippen LogP contribution in [0.15, 0.2) is 11.4 Å². The number of carbonyl (C=O) groups excluding carboxylic acids is 1. The minimum atomic E-state index is -0.466. The van der Waals surface area contributed by atoms with Crippen LogP contribution in [0.2, 0.25) is 0 Å². The summed E-state index contributed by atoms with van der Waals surface area (Å²) in [5.74, 6) is 0.652. The minimum absolute atomic E-state index is 0.124. The molecule has 19 heavy (non-hydrogen) atoms. The summed E-state index contributed by atoms with van der Waals surface area (Å²) in [6.07, 6.45) is 3.33. The molecule has 0 saturated carbocycles. The lowest BCUT2D eigenvalue weighted by molar-refractivity contribution is 0.0512. The number of thiophene rings is 1. The molecule has 6 heteroatoms. The predicted molar refractivity (Wildman–Crippen MR) is 71.4 cm³/mol. The minimum Gasteiger partial charge on any atom is -0.460 e. The van der Waals surface area contributed by atoms with E-state index in [1.807, 2.05) is 0 Å². The van der Waals surface area contributed by atoms with Crippen LogP contribution < -0.4 is 0 Å². The van der Waals surface area contributed by atoms with Crippen molar-refractivity contribution in [2.24, 2.45) is 0 Å². The predicted octanol–water partition coefficient (Wildman–Crippen LogP) is 2.51. The highest BCUT2D eigenvalue weighted by Gasteiger charge is 2.26. The van der Waals surface area contributed by atoms with Crippen molar-refractivity contribution in [2.45, 2.75) is 32.1 Å². The summed E-state index contributed by atoms with van der Waals surface area (Å²) in [4.78, 5) is 17.3. The summed E-state index contributed by atoms with van der Waals surface area (Å²) >= 11 is 1.79. The Bertz CT molecular complexity index is 590. The molecule has 1 aliphatic rings. The number of hydrogen-bond donors (Lipinski definition) is 1. The van der Waals surface area contributed by atoms with Gasteiger partial charge in [-0.25, -0.2) is 9.78 Å². The number of H-pyrrole nitrogens is 1. The second kappa shape index (κ2) is 5.13. The third-order valence-corrected chi connectivity index (χ3v) is 4.34. The molecule has 2 aromatic rings. The Morgan fingerprint density at radius 3 is 3.37 bits per heavy atom. The van der Waals surface area contributed by atoms with Crippen molar-refractivity contribution in [3.63, 3.8) is 0 Å². The van der Waals surface area contributed by atoms with Gasteiger partial charge >= 0.3 is 5.97 Å². The highest BCUT2D eigenvalue weighted by Crippen LogP contribution is 2.37. The van der Waals surface area contributed by atoms with Crippen molar-refractivity contribution in [1.29, 1.82) is 0 Å². The zero-order chi connectivity index (χ0) is 13.2. The molecule has 0 aliphatic heterocycles. The third-order valence-electron chi connectivity index (χ3n) is 3.34. The van der Waals surface area contributed by atoms with Crippen LogP contribution in [0.5, 0.6) is 0 Å². The van der Waals surface area contributed by atoms with E-state index >= 15 is 0 Å². The van der Waals surface area contributed by atoms with Gasteiger partial charge in [0.15, 0.2) is 0 Å². The van der Waals surface area contributed by atoms with E-state index in [4.69, 9.17) is 4.74 Å². The van der Waals surface area contributed by atoms with Gasteiger partial charge in [-0.1, -0.05) is 0 Å². The lowest BCUT2D eigenvalue weighted by atomic mass is 9.87. The number of aryl methyl sites for hydroxylation is 1. The number of aromatic nitrogens is 3. The number of esters is 1. The second-order valence-electron chi connectivity index (χ2n) is 4.51. The van der Waals surface area contributed by atoms with Crippen molar-refractivity contribution in [3.8, 4) is 0 Å². The Kier molecular flexibility index (Phi) is 3.33. The van der Waals surface area contributed by atoms with E-state index < -0.39 is 5.97 Å². The van der Waals surface area contributed by atoms with E-state index in [2.05, 4.69) is 26.6 Å². The molecule has 1 atom stereocenters. The van der Waals surface area contributed by atoms with Crippen LogP contribution in [0.25, 0.3) is 0 Å². The number of aromatic amines is 1. The van der Waals surface area contributed by atoms with Gasteiger partial charge in [-0.15, -0.1) is 16.4 Å². The van der Waals surface area contributed by atoms with Crippen molar-refractivity contribution in [3.05, 3.63) is 33.5 Å². The molecule has 0 amide bonds. The molecular weight excluding hydrogens is 262 g/mol. The summed E-state index contributed by atoms with van der Waals surface area (Å²) in [7, 11) is 0. The zero-order valence-electron chi connectivity index (χ0n) is 10.7. The van der Waals surface area contributed by atoms with E-state index in [0.29, 0.717) is 6.61 Å². The Hall–Kier alpha value is -1.69.